The number of hydrogen-bond acceptors (Lipinski definition) is 8. The van der Waals surface area contributed by atoms with Crippen molar-refractivity contribution in [3.63, 3.8) is 0 Å². The summed E-state index contributed by atoms with van der Waals surface area (Å²) >= 11 is 7.38. The van der Waals surface area contributed by atoms with Gasteiger partial charge >= 0.3 is 12.3 Å². The van der Waals surface area contributed by atoms with Gasteiger partial charge < -0.3 is 25.1 Å². The average Bonchev–Trinajstić information content (AvgIpc) is 3.55. The van der Waals surface area contributed by atoms with Crippen LogP contribution >= 0.6 is 22.9 Å². The minimum atomic E-state index is -4.51. The summed E-state index contributed by atoms with van der Waals surface area (Å²) in [6.45, 7) is 0.429. The number of carbonyl (C=O) groups is 1. The van der Waals surface area contributed by atoms with Gasteiger partial charge in [-0.2, -0.15) is 13.2 Å². The molecule has 3 aromatic heterocycles. The van der Waals surface area contributed by atoms with Crippen LogP contribution in [0.15, 0.2) is 66.4 Å². The van der Waals surface area contributed by atoms with E-state index in [9.17, 15) is 18.0 Å². The third-order valence-electron chi connectivity index (χ3n) is 5.42. The molecule has 3 N–H and O–H groups in total. The Balaban J connectivity index is 1.33. The number of nitrogens with zero attached hydrogens (tertiary/aromatic N) is 4. The Morgan fingerprint density at radius 3 is 2.74 bits per heavy atom. The molecule has 3 heterocycles. The molecule has 39 heavy (non-hydrogen) atoms. The standard InChI is InChI=1S/C25H18ClF3N6O3S/c26-17-11-15(33-22-21-18(31-13-32-22)6-7-35(21)8-9-37-24(30)36)4-5-19(17)38-16-3-1-2-14(10-16)23-34-20(12-39-23)25(27,28)29/h1-7,10-13H,8-9H2,(H2,30,36)(H,31,32,33). The maximum atomic E-state index is 12.9. The monoisotopic (exact) mass is 574 g/mol. The van der Waals surface area contributed by atoms with Gasteiger partial charge in [-0.25, -0.2) is 19.7 Å². The fourth-order valence-electron chi connectivity index (χ4n) is 3.71. The van der Waals surface area contributed by atoms with Crippen LogP contribution in [-0.4, -0.2) is 32.2 Å². The summed E-state index contributed by atoms with van der Waals surface area (Å²) in [5, 5.41) is 4.69. The van der Waals surface area contributed by atoms with Crippen LogP contribution in [0.25, 0.3) is 21.6 Å². The minimum Gasteiger partial charge on any atom is -0.456 e. The van der Waals surface area contributed by atoms with Crippen molar-refractivity contribution in [3.05, 3.63) is 77.2 Å². The van der Waals surface area contributed by atoms with Crippen molar-refractivity contribution in [1.29, 1.82) is 0 Å². The molecule has 0 fully saturated rings. The van der Waals surface area contributed by atoms with Crippen LogP contribution in [0.1, 0.15) is 5.69 Å². The Kier molecular flexibility index (Phi) is 7.26. The molecular formula is C25H18ClF3N6O3S. The van der Waals surface area contributed by atoms with Gasteiger partial charge in [-0.15, -0.1) is 11.3 Å². The van der Waals surface area contributed by atoms with Crippen LogP contribution in [0, 0.1) is 0 Å². The molecular weight excluding hydrogens is 557 g/mol. The number of hydrogen-bond donors (Lipinski definition) is 2. The Labute approximate surface area is 228 Å². The van der Waals surface area contributed by atoms with Crippen molar-refractivity contribution in [3.8, 4) is 22.1 Å². The molecule has 0 radical (unpaired) electrons. The zero-order valence-electron chi connectivity index (χ0n) is 19.8. The number of halogens is 4. The first-order valence-electron chi connectivity index (χ1n) is 11.3. The van der Waals surface area contributed by atoms with E-state index in [1.807, 2.05) is 4.57 Å². The molecule has 0 saturated carbocycles. The number of primary amides is 1. The first kappa shape index (κ1) is 26.3. The van der Waals surface area contributed by atoms with Gasteiger partial charge in [-0.3, -0.25) is 0 Å². The number of rotatable bonds is 8. The maximum absolute atomic E-state index is 12.9. The first-order valence-corrected chi connectivity index (χ1v) is 12.5. The van der Waals surface area contributed by atoms with Crippen molar-refractivity contribution in [2.24, 2.45) is 5.73 Å². The predicted octanol–water partition coefficient (Wildman–Crippen LogP) is 6.86. The number of nitrogens with one attached hydrogen (secondary N) is 1. The molecule has 14 heteroatoms. The summed E-state index contributed by atoms with van der Waals surface area (Å²) < 4.78 is 51.3. The second kappa shape index (κ2) is 10.8. The van der Waals surface area contributed by atoms with E-state index in [4.69, 9.17) is 26.8 Å². The lowest BCUT2D eigenvalue weighted by atomic mass is 10.2. The lowest BCUT2D eigenvalue weighted by Crippen LogP contribution is -2.16. The van der Waals surface area contributed by atoms with Gasteiger partial charge in [0.05, 0.1) is 17.1 Å². The van der Waals surface area contributed by atoms with Crippen molar-refractivity contribution in [2.75, 3.05) is 11.9 Å². The number of carbonyl (C=O) groups excluding carboxylic acids is 1. The van der Waals surface area contributed by atoms with Crippen LogP contribution in [0.2, 0.25) is 5.02 Å². The van der Waals surface area contributed by atoms with Crippen molar-refractivity contribution in [2.45, 2.75) is 12.7 Å². The van der Waals surface area contributed by atoms with Gasteiger partial charge in [0.15, 0.2) is 11.5 Å². The number of thiazole rings is 1. The number of aromatic nitrogens is 4. The number of nitrogens with two attached hydrogens (primary N) is 1. The number of benzene rings is 2. The zero-order chi connectivity index (χ0) is 27.6. The van der Waals surface area contributed by atoms with E-state index in [1.54, 1.807) is 54.7 Å². The van der Waals surface area contributed by atoms with Crippen molar-refractivity contribution >= 4 is 51.6 Å². The molecule has 5 aromatic rings. The number of amides is 1. The quantitative estimate of drug-likeness (QED) is 0.208. The van der Waals surface area contributed by atoms with E-state index >= 15 is 0 Å². The molecule has 0 unspecified atom stereocenters. The van der Waals surface area contributed by atoms with Crippen LogP contribution in [0.4, 0.5) is 29.5 Å². The van der Waals surface area contributed by atoms with E-state index < -0.39 is 18.0 Å². The number of fused-ring (bicyclic) bond motifs is 1. The van der Waals surface area contributed by atoms with E-state index in [0.717, 1.165) is 16.7 Å². The summed E-state index contributed by atoms with van der Waals surface area (Å²) in [6, 6.07) is 13.4. The van der Waals surface area contributed by atoms with E-state index in [1.165, 1.54) is 6.33 Å². The van der Waals surface area contributed by atoms with Crippen molar-refractivity contribution in [1.82, 2.24) is 19.5 Å². The van der Waals surface area contributed by atoms with Crippen LogP contribution in [-0.2, 0) is 17.5 Å². The summed E-state index contributed by atoms with van der Waals surface area (Å²) in [4.78, 5) is 23.1. The third kappa shape index (κ3) is 6.04. The largest absolute Gasteiger partial charge is 0.456 e. The fourth-order valence-corrected chi connectivity index (χ4v) is 4.75. The molecule has 1 amide bonds. The Morgan fingerprint density at radius 1 is 1.15 bits per heavy atom. The second-order valence-corrected chi connectivity index (χ2v) is 9.33. The Morgan fingerprint density at radius 2 is 2.00 bits per heavy atom. The number of ether oxygens (including phenoxy) is 2. The summed E-state index contributed by atoms with van der Waals surface area (Å²) in [5.41, 5.74) is 6.56. The van der Waals surface area contributed by atoms with Crippen LogP contribution < -0.4 is 15.8 Å². The normalized spacial score (nSPS) is 11.5. The number of alkyl halides is 3. The zero-order valence-corrected chi connectivity index (χ0v) is 21.3. The van der Waals surface area contributed by atoms with Gasteiger partial charge in [0.25, 0.3) is 0 Å². The second-order valence-electron chi connectivity index (χ2n) is 8.07. The molecule has 5 rings (SSSR count). The van der Waals surface area contributed by atoms with Gasteiger partial charge in [0.2, 0.25) is 0 Å². The fraction of sp³-hybridized carbons (Fsp3) is 0.120. The smallest absolute Gasteiger partial charge is 0.434 e. The molecule has 0 spiro atoms. The molecule has 0 aliphatic heterocycles. The molecule has 0 bridgehead atoms. The van der Waals surface area contributed by atoms with E-state index in [-0.39, 0.29) is 16.6 Å². The number of anilines is 2. The molecule has 9 nitrogen and oxygen atoms in total. The van der Waals surface area contributed by atoms with Gasteiger partial charge in [-0.1, -0.05) is 23.7 Å². The SMILES string of the molecule is NC(=O)OCCn1ccc2ncnc(Nc3ccc(Oc4cccc(-c5nc(C(F)(F)F)cs5)c4)c(Cl)c3)c21. The topological polar surface area (TPSA) is 117 Å². The lowest BCUT2D eigenvalue weighted by Gasteiger charge is -2.13. The molecule has 2 aromatic carbocycles. The third-order valence-corrected chi connectivity index (χ3v) is 6.61. The summed E-state index contributed by atoms with van der Waals surface area (Å²) in [6.07, 6.45) is -2.15. The highest BCUT2D eigenvalue weighted by Crippen LogP contribution is 2.37. The van der Waals surface area contributed by atoms with Crippen LogP contribution in [0.5, 0.6) is 11.5 Å². The Hall–Kier alpha value is -4.36. The molecule has 0 atom stereocenters. The highest BCUT2D eigenvalue weighted by molar-refractivity contribution is 7.13. The van der Waals surface area contributed by atoms with Gasteiger partial charge in [-0.05, 0) is 36.4 Å². The predicted molar refractivity (Wildman–Crippen MR) is 140 cm³/mol. The lowest BCUT2D eigenvalue weighted by molar-refractivity contribution is -0.140. The first-order chi connectivity index (χ1) is 18.7. The maximum Gasteiger partial charge on any atom is 0.434 e. The van der Waals surface area contributed by atoms with Gasteiger partial charge in [0.1, 0.15) is 35.0 Å². The summed E-state index contributed by atoms with van der Waals surface area (Å²) in [5.74, 6) is 1.23. The molecule has 0 aliphatic carbocycles. The minimum absolute atomic E-state index is 0.0819. The highest BCUT2D eigenvalue weighted by atomic mass is 35.5. The molecule has 0 aliphatic rings. The van der Waals surface area contributed by atoms with Gasteiger partial charge in [0, 0.05) is 22.8 Å². The van der Waals surface area contributed by atoms with Crippen LogP contribution in [0.3, 0.4) is 0 Å². The van der Waals surface area contributed by atoms with E-state index in [2.05, 4.69) is 20.3 Å². The average molecular weight is 575 g/mol. The van der Waals surface area contributed by atoms with E-state index in [0.29, 0.717) is 46.1 Å². The summed E-state index contributed by atoms with van der Waals surface area (Å²) in [7, 11) is 0. The Bertz CT molecular complexity index is 1660. The highest BCUT2D eigenvalue weighted by Gasteiger charge is 2.33. The molecule has 0 saturated heterocycles. The van der Waals surface area contributed by atoms with Crippen molar-refractivity contribution < 1.29 is 27.4 Å². The molecule has 200 valence electrons.